The van der Waals surface area contributed by atoms with Crippen LogP contribution in [0.4, 0.5) is 10.1 Å². The Morgan fingerprint density at radius 3 is 2.90 bits per heavy atom. The largest absolute Gasteiger partial charge is 0.465 e. The van der Waals surface area contributed by atoms with Crippen LogP contribution in [-0.4, -0.2) is 32.1 Å². The molecule has 0 aliphatic carbocycles. The lowest BCUT2D eigenvalue weighted by Crippen LogP contribution is -2.37. The van der Waals surface area contributed by atoms with Gasteiger partial charge in [0.05, 0.1) is 24.3 Å². The van der Waals surface area contributed by atoms with Crippen molar-refractivity contribution in [1.82, 2.24) is 5.32 Å². The summed E-state index contributed by atoms with van der Waals surface area (Å²) >= 11 is 0. The van der Waals surface area contributed by atoms with Gasteiger partial charge in [0.15, 0.2) is 0 Å². The Labute approximate surface area is 116 Å². The molecule has 1 aromatic rings. The number of piperidine rings is 1. The summed E-state index contributed by atoms with van der Waals surface area (Å²) in [6, 6.07) is 3.58. The molecule has 1 heterocycles. The fourth-order valence-electron chi connectivity index (χ4n) is 2.22. The van der Waals surface area contributed by atoms with E-state index in [0.29, 0.717) is 6.54 Å². The standard InChI is InChI=1S/C14H17FN2O3/c1-20-14(19)11-5-4-10(15)7-12(11)17-13(18)9-3-2-6-16-8-9/h4-5,7,9,16H,2-3,6,8H2,1H3,(H,17,18)/t9-/m1/s1. The molecule has 5 nitrogen and oxygen atoms in total. The van der Waals surface area contributed by atoms with Crippen LogP contribution in [0.2, 0.25) is 0 Å². The first-order valence-corrected chi connectivity index (χ1v) is 6.51. The molecular formula is C14H17FN2O3. The topological polar surface area (TPSA) is 67.4 Å². The highest BCUT2D eigenvalue weighted by Gasteiger charge is 2.23. The van der Waals surface area contributed by atoms with E-state index in [9.17, 15) is 14.0 Å². The Hall–Kier alpha value is -1.95. The number of carbonyl (C=O) groups excluding carboxylic acids is 2. The van der Waals surface area contributed by atoms with Crippen LogP contribution in [0, 0.1) is 11.7 Å². The minimum Gasteiger partial charge on any atom is -0.465 e. The van der Waals surface area contributed by atoms with E-state index in [0.717, 1.165) is 31.5 Å². The van der Waals surface area contributed by atoms with E-state index in [-0.39, 0.29) is 23.1 Å². The van der Waals surface area contributed by atoms with Crippen LogP contribution >= 0.6 is 0 Å². The van der Waals surface area contributed by atoms with Crippen LogP contribution in [0.3, 0.4) is 0 Å². The number of nitrogens with one attached hydrogen (secondary N) is 2. The maximum absolute atomic E-state index is 13.3. The molecule has 1 aliphatic rings. The van der Waals surface area contributed by atoms with Crippen molar-refractivity contribution in [3.63, 3.8) is 0 Å². The Balaban J connectivity index is 2.16. The van der Waals surface area contributed by atoms with E-state index in [1.54, 1.807) is 0 Å². The molecule has 1 saturated heterocycles. The average molecular weight is 280 g/mol. The van der Waals surface area contributed by atoms with E-state index < -0.39 is 11.8 Å². The smallest absolute Gasteiger partial charge is 0.339 e. The number of methoxy groups -OCH3 is 1. The second-order valence-electron chi connectivity index (χ2n) is 4.71. The molecular weight excluding hydrogens is 263 g/mol. The summed E-state index contributed by atoms with van der Waals surface area (Å²) in [6.45, 7) is 1.49. The van der Waals surface area contributed by atoms with E-state index in [2.05, 4.69) is 15.4 Å². The summed E-state index contributed by atoms with van der Waals surface area (Å²) in [5.74, 6) is -1.51. The van der Waals surface area contributed by atoms with Crippen molar-refractivity contribution >= 4 is 17.6 Å². The van der Waals surface area contributed by atoms with Gasteiger partial charge >= 0.3 is 5.97 Å². The maximum Gasteiger partial charge on any atom is 0.339 e. The molecule has 0 unspecified atom stereocenters. The minimum atomic E-state index is -0.609. The fraction of sp³-hybridized carbons (Fsp3) is 0.429. The monoisotopic (exact) mass is 280 g/mol. The number of halogens is 1. The quantitative estimate of drug-likeness (QED) is 0.824. The van der Waals surface area contributed by atoms with Crippen LogP contribution in [0.15, 0.2) is 18.2 Å². The van der Waals surface area contributed by atoms with Gasteiger partial charge in [0, 0.05) is 6.54 Å². The summed E-state index contributed by atoms with van der Waals surface area (Å²) in [5.41, 5.74) is 0.290. The molecule has 108 valence electrons. The molecule has 1 amide bonds. The normalized spacial score (nSPS) is 18.4. The Kier molecular flexibility index (Phi) is 4.68. The van der Waals surface area contributed by atoms with Crippen molar-refractivity contribution in [1.29, 1.82) is 0 Å². The number of hydrogen-bond donors (Lipinski definition) is 2. The van der Waals surface area contributed by atoms with E-state index >= 15 is 0 Å². The number of carbonyl (C=O) groups is 2. The van der Waals surface area contributed by atoms with Crippen LogP contribution in [0.1, 0.15) is 23.2 Å². The summed E-state index contributed by atoms with van der Waals surface area (Å²) in [4.78, 5) is 23.7. The molecule has 0 aromatic heterocycles. The van der Waals surface area contributed by atoms with Gasteiger partial charge in [-0.25, -0.2) is 9.18 Å². The molecule has 0 saturated carbocycles. The Morgan fingerprint density at radius 1 is 1.45 bits per heavy atom. The number of anilines is 1. The highest BCUT2D eigenvalue weighted by Crippen LogP contribution is 2.20. The van der Waals surface area contributed by atoms with Gasteiger partial charge < -0.3 is 15.4 Å². The molecule has 20 heavy (non-hydrogen) atoms. The van der Waals surface area contributed by atoms with Gasteiger partial charge in [-0.05, 0) is 37.6 Å². The second kappa shape index (κ2) is 6.47. The Bertz CT molecular complexity index is 513. The molecule has 0 bridgehead atoms. The van der Waals surface area contributed by atoms with Gasteiger partial charge in [-0.2, -0.15) is 0 Å². The van der Waals surface area contributed by atoms with E-state index in [1.165, 1.54) is 13.2 Å². The van der Waals surface area contributed by atoms with E-state index in [1.807, 2.05) is 0 Å². The third-order valence-corrected chi connectivity index (χ3v) is 3.31. The SMILES string of the molecule is COC(=O)c1ccc(F)cc1NC(=O)[C@@H]1CCCNC1. The predicted octanol–water partition coefficient (Wildman–Crippen LogP) is 1.55. The van der Waals surface area contributed by atoms with Crippen LogP contribution in [0.5, 0.6) is 0 Å². The van der Waals surface area contributed by atoms with Crippen LogP contribution in [0.25, 0.3) is 0 Å². The predicted molar refractivity (Wildman–Crippen MR) is 72.0 cm³/mol. The molecule has 1 atom stereocenters. The molecule has 0 spiro atoms. The molecule has 1 fully saturated rings. The van der Waals surface area contributed by atoms with Crippen molar-refractivity contribution in [3.8, 4) is 0 Å². The average Bonchev–Trinajstić information content (AvgIpc) is 2.47. The van der Waals surface area contributed by atoms with Crippen molar-refractivity contribution in [2.75, 3.05) is 25.5 Å². The van der Waals surface area contributed by atoms with Gasteiger partial charge in [-0.3, -0.25) is 4.79 Å². The zero-order valence-electron chi connectivity index (χ0n) is 11.2. The van der Waals surface area contributed by atoms with Crippen molar-refractivity contribution < 1.29 is 18.7 Å². The molecule has 1 aromatic carbocycles. The molecule has 0 radical (unpaired) electrons. The van der Waals surface area contributed by atoms with Gasteiger partial charge in [-0.1, -0.05) is 0 Å². The number of rotatable bonds is 3. The lowest BCUT2D eigenvalue weighted by atomic mass is 9.98. The summed E-state index contributed by atoms with van der Waals surface area (Å²) in [5, 5.41) is 5.75. The number of esters is 1. The van der Waals surface area contributed by atoms with Crippen molar-refractivity contribution in [3.05, 3.63) is 29.6 Å². The third-order valence-electron chi connectivity index (χ3n) is 3.31. The molecule has 2 N–H and O–H groups in total. The van der Waals surface area contributed by atoms with Crippen molar-refractivity contribution in [2.24, 2.45) is 5.92 Å². The van der Waals surface area contributed by atoms with Crippen LogP contribution < -0.4 is 10.6 Å². The first-order valence-electron chi connectivity index (χ1n) is 6.51. The van der Waals surface area contributed by atoms with Gasteiger partial charge in [-0.15, -0.1) is 0 Å². The van der Waals surface area contributed by atoms with E-state index in [4.69, 9.17) is 0 Å². The summed E-state index contributed by atoms with van der Waals surface area (Å²) in [6.07, 6.45) is 1.70. The van der Waals surface area contributed by atoms with Gasteiger partial charge in [0.2, 0.25) is 5.91 Å². The van der Waals surface area contributed by atoms with Crippen LogP contribution in [-0.2, 0) is 9.53 Å². The van der Waals surface area contributed by atoms with Crippen molar-refractivity contribution in [2.45, 2.75) is 12.8 Å². The zero-order chi connectivity index (χ0) is 14.5. The second-order valence-corrected chi connectivity index (χ2v) is 4.71. The lowest BCUT2D eigenvalue weighted by Gasteiger charge is -2.22. The van der Waals surface area contributed by atoms with Gasteiger partial charge in [0.25, 0.3) is 0 Å². The maximum atomic E-state index is 13.3. The third kappa shape index (κ3) is 3.33. The summed E-state index contributed by atoms with van der Waals surface area (Å²) < 4.78 is 17.9. The molecule has 2 rings (SSSR count). The highest BCUT2D eigenvalue weighted by molar-refractivity contribution is 6.01. The number of ether oxygens (including phenoxy) is 1. The minimum absolute atomic E-state index is 0.144. The Morgan fingerprint density at radius 2 is 2.25 bits per heavy atom. The lowest BCUT2D eigenvalue weighted by molar-refractivity contribution is -0.120. The number of amides is 1. The highest BCUT2D eigenvalue weighted by atomic mass is 19.1. The fourth-order valence-corrected chi connectivity index (χ4v) is 2.22. The molecule has 1 aliphatic heterocycles. The zero-order valence-corrected chi connectivity index (χ0v) is 11.2. The first kappa shape index (κ1) is 14.5. The first-order chi connectivity index (χ1) is 9.61. The summed E-state index contributed by atoms with van der Waals surface area (Å²) in [7, 11) is 1.24. The number of hydrogen-bond acceptors (Lipinski definition) is 4. The molecule has 6 heteroatoms. The van der Waals surface area contributed by atoms with Gasteiger partial charge in [0.1, 0.15) is 5.82 Å². The number of benzene rings is 1.